The predicted octanol–water partition coefficient (Wildman–Crippen LogP) is 2.85. The summed E-state index contributed by atoms with van der Waals surface area (Å²) in [5.41, 5.74) is -0.0633. The number of nitrogens with zero attached hydrogens (tertiary/aromatic N) is 1. The van der Waals surface area contributed by atoms with Crippen molar-refractivity contribution < 1.29 is 28.3 Å². The molecule has 8 heteroatoms. The van der Waals surface area contributed by atoms with Crippen molar-refractivity contribution in [3.63, 3.8) is 0 Å². The Morgan fingerprint density at radius 2 is 2.10 bits per heavy atom. The van der Waals surface area contributed by atoms with E-state index in [4.69, 9.17) is 26.2 Å². The average molecular weight is 302 g/mol. The quantitative estimate of drug-likeness (QED) is 0.935. The second-order valence-electron chi connectivity index (χ2n) is 3.67. The van der Waals surface area contributed by atoms with E-state index < -0.39 is 17.5 Å². The molecule has 20 heavy (non-hydrogen) atoms. The molecule has 0 unspecified atom stereocenters. The van der Waals surface area contributed by atoms with E-state index in [2.05, 4.69) is 9.68 Å². The standard InChI is InChI=1S/C12H9ClFNO5/c1-18-7-3-5(10(14)9(13)11(7)19-2)6-4-8(12(16)17)20-15-6/h3-4H,1-2H3,(H,16,17). The first-order valence-electron chi connectivity index (χ1n) is 5.30. The van der Waals surface area contributed by atoms with Gasteiger partial charge >= 0.3 is 5.97 Å². The molecule has 0 aliphatic heterocycles. The summed E-state index contributed by atoms with van der Waals surface area (Å²) in [6, 6.07) is 2.38. The number of methoxy groups -OCH3 is 2. The molecule has 0 radical (unpaired) electrons. The van der Waals surface area contributed by atoms with Crippen LogP contribution in [0, 0.1) is 5.82 Å². The zero-order valence-corrected chi connectivity index (χ0v) is 11.2. The van der Waals surface area contributed by atoms with E-state index in [9.17, 15) is 9.18 Å². The third-order valence-corrected chi connectivity index (χ3v) is 2.89. The topological polar surface area (TPSA) is 81.8 Å². The van der Waals surface area contributed by atoms with Crippen molar-refractivity contribution in [2.45, 2.75) is 0 Å². The van der Waals surface area contributed by atoms with E-state index in [1.165, 1.54) is 20.3 Å². The number of hydrogen-bond donors (Lipinski definition) is 1. The molecule has 106 valence electrons. The van der Waals surface area contributed by atoms with Crippen molar-refractivity contribution in [2.75, 3.05) is 14.2 Å². The van der Waals surface area contributed by atoms with E-state index in [1.807, 2.05) is 0 Å². The van der Waals surface area contributed by atoms with Crippen molar-refractivity contribution in [3.8, 4) is 22.8 Å². The van der Waals surface area contributed by atoms with Gasteiger partial charge in [-0.15, -0.1) is 0 Å². The van der Waals surface area contributed by atoms with E-state index in [0.29, 0.717) is 0 Å². The van der Waals surface area contributed by atoms with Crippen LogP contribution >= 0.6 is 11.6 Å². The molecule has 0 saturated carbocycles. The van der Waals surface area contributed by atoms with Crippen molar-refractivity contribution >= 4 is 17.6 Å². The molecule has 2 aromatic rings. The van der Waals surface area contributed by atoms with Gasteiger partial charge in [-0.2, -0.15) is 0 Å². The fourth-order valence-corrected chi connectivity index (χ4v) is 1.89. The highest BCUT2D eigenvalue weighted by atomic mass is 35.5. The predicted molar refractivity (Wildman–Crippen MR) is 67.0 cm³/mol. The van der Waals surface area contributed by atoms with E-state index in [1.54, 1.807) is 0 Å². The number of aromatic nitrogens is 1. The Labute approximate surface area is 117 Å². The maximum Gasteiger partial charge on any atom is 0.374 e. The fourth-order valence-electron chi connectivity index (χ4n) is 1.62. The smallest absolute Gasteiger partial charge is 0.374 e. The van der Waals surface area contributed by atoms with Crippen molar-refractivity contribution in [3.05, 3.63) is 28.7 Å². The normalized spacial score (nSPS) is 10.4. The molecule has 0 saturated heterocycles. The van der Waals surface area contributed by atoms with Crippen molar-refractivity contribution in [2.24, 2.45) is 0 Å². The van der Waals surface area contributed by atoms with Gasteiger partial charge < -0.3 is 19.1 Å². The van der Waals surface area contributed by atoms with Crippen LogP contribution in [0.2, 0.25) is 5.02 Å². The first-order valence-corrected chi connectivity index (χ1v) is 5.67. The van der Waals surface area contributed by atoms with Crippen LogP contribution in [0.25, 0.3) is 11.3 Å². The highest BCUT2D eigenvalue weighted by Gasteiger charge is 2.22. The Morgan fingerprint density at radius 3 is 2.60 bits per heavy atom. The van der Waals surface area contributed by atoms with Crippen LogP contribution in [0.5, 0.6) is 11.5 Å². The molecule has 2 rings (SSSR count). The average Bonchev–Trinajstić information content (AvgIpc) is 2.91. The molecule has 0 atom stereocenters. The zero-order valence-electron chi connectivity index (χ0n) is 10.4. The van der Waals surface area contributed by atoms with E-state index in [0.717, 1.165) is 6.07 Å². The Hall–Kier alpha value is -2.28. The first-order chi connectivity index (χ1) is 9.49. The van der Waals surface area contributed by atoms with Gasteiger partial charge in [0, 0.05) is 11.6 Å². The van der Waals surface area contributed by atoms with Gasteiger partial charge in [-0.05, 0) is 6.07 Å². The third kappa shape index (κ3) is 2.27. The minimum Gasteiger partial charge on any atom is -0.493 e. The number of ether oxygens (including phenoxy) is 2. The molecule has 0 bridgehead atoms. The van der Waals surface area contributed by atoms with Gasteiger partial charge in [0.15, 0.2) is 17.3 Å². The maximum absolute atomic E-state index is 14.2. The third-order valence-electron chi connectivity index (χ3n) is 2.55. The van der Waals surface area contributed by atoms with Crippen molar-refractivity contribution in [1.29, 1.82) is 0 Å². The number of hydrogen-bond acceptors (Lipinski definition) is 5. The van der Waals surface area contributed by atoms with Gasteiger partial charge in [0.1, 0.15) is 10.7 Å². The van der Waals surface area contributed by atoms with Crippen LogP contribution in [-0.4, -0.2) is 30.5 Å². The SMILES string of the molecule is COc1cc(-c2cc(C(=O)O)on2)c(F)c(Cl)c1OC. The Bertz CT molecular complexity index is 670. The molecular weight excluding hydrogens is 293 g/mol. The van der Waals surface area contributed by atoms with Crippen LogP contribution in [0.4, 0.5) is 4.39 Å². The fraction of sp³-hybridized carbons (Fsp3) is 0.167. The molecule has 1 heterocycles. The molecule has 0 spiro atoms. The van der Waals surface area contributed by atoms with Crippen LogP contribution in [-0.2, 0) is 0 Å². The molecule has 6 nitrogen and oxygen atoms in total. The Morgan fingerprint density at radius 1 is 1.40 bits per heavy atom. The summed E-state index contributed by atoms with van der Waals surface area (Å²) < 4.78 is 28.7. The summed E-state index contributed by atoms with van der Waals surface area (Å²) in [5, 5.41) is 12.0. The summed E-state index contributed by atoms with van der Waals surface area (Å²) >= 11 is 5.85. The molecule has 0 amide bonds. The maximum atomic E-state index is 14.2. The lowest BCUT2D eigenvalue weighted by atomic mass is 10.1. The number of carboxylic acid groups (broad SMARTS) is 1. The lowest BCUT2D eigenvalue weighted by Crippen LogP contribution is -1.96. The minimum atomic E-state index is -1.31. The van der Waals surface area contributed by atoms with Crippen LogP contribution in [0.3, 0.4) is 0 Å². The summed E-state index contributed by atoms with van der Waals surface area (Å²) in [7, 11) is 2.68. The van der Waals surface area contributed by atoms with Gasteiger partial charge in [-0.1, -0.05) is 16.8 Å². The number of aromatic carboxylic acids is 1. The second kappa shape index (κ2) is 5.38. The number of carboxylic acids is 1. The lowest BCUT2D eigenvalue weighted by molar-refractivity contribution is 0.0652. The van der Waals surface area contributed by atoms with Gasteiger partial charge in [0.25, 0.3) is 0 Å². The molecule has 1 N–H and O–H groups in total. The Balaban J connectivity index is 2.61. The largest absolute Gasteiger partial charge is 0.493 e. The first kappa shape index (κ1) is 14.1. The second-order valence-corrected chi connectivity index (χ2v) is 4.05. The van der Waals surface area contributed by atoms with Gasteiger partial charge in [0.05, 0.1) is 14.2 Å². The highest BCUT2D eigenvalue weighted by Crippen LogP contribution is 2.41. The highest BCUT2D eigenvalue weighted by molar-refractivity contribution is 6.32. The summed E-state index contributed by atoms with van der Waals surface area (Å²) in [6.07, 6.45) is 0. The number of rotatable bonds is 4. The zero-order chi connectivity index (χ0) is 14.9. The molecule has 0 aliphatic carbocycles. The van der Waals surface area contributed by atoms with Crippen molar-refractivity contribution in [1.82, 2.24) is 5.16 Å². The number of carbonyl (C=O) groups is 1. The number of benzene rings is 1. The van der Waals surface area contributed by atoms with E-state index >= 15 is 0 Å². The van der Waals surface area contributed by atoms with Crippen LogP contribution in [0.15, 0.2) is 16.7 Å². The van der Waals surface area contributed by atoms with Gasteiger partial charge in [-0.3, -0.25) is 0 Å². The summed E-state index contributed by atoms with van der Waals surface area (Å²) in [4.78, 5) is 10.7. The molecule has 1 aromatic heterocycles. The molecule has 0 fully saturated rings. The van der Waals surface area contributed by atoms with E-state index in [-0.39, 0.29) is 27.8 Å². The van der Waals surface area contributed by atoms with Gasteiger partial charge in [0.2, 0.25) is 5.76 Å². The number of halogens is 2. The van der Waals surface area contributed by atoms with Crippen LogP contribution < -0.4 is 9.47 Å². The minimum absolute atomic E-state index is 0.0113. The lowest BCUT2D eigenvalue weighted by Gasteiger charge is -2.11. The van der Waals surface area contributed by atoms with Gasteiger partial charge in [-0.25, -0.2) is 9.18 Å². The molecule has 1 aromatic carbocycles. The molecular formula is C12H9ClFNO5. The summed E-state index contributed by atoms with van der Waals surface area (Å²) in [5.74, 6) is -2.30. The molecule has 0 aliphatic rings. The van der Waals surface area contributed by atoms with Crippen LogP contribution in [0.1, 0.15) is 10.6 Å². The summed E-state index contributed by atoms with van der Waals surface area (Å²) in [6.45, 7) is 0. The Kier molecular flexibility index (Phi) is 3.80. The monoisotopic (exact) mass is 301 g/mol.